The van der Waals surface area contributed by atoms with E-state index in [1.165, 1.54) is 11.1 Å². The van der Waals surface area contributed by atoms with Crippen LogP contribution in [0.25, 0.3) is 0 Å². The van der Waals surface area contributed by atoms with Gasteiger partial charge in [-0.1, -0.05) is 12.1 Å². The monoisotopic (exact) mass is 494 g/mol. The maximum absolute atomic E-state index is 12.6. The zero-order valence-corrected chi connectivity index (χ0v) is 21.2. The van der Waals surface area contributed by atoms with Crippen LogP contribution < -0.4 is 21.3 Å². The highest BCUT2D eigenvalue weighted by Crippen LogP contribution is 2.49. The molecule has 1 aromatic carbocycles. The highest BCUT2D eigenvalue weighted by molar-refractivity contribution is 5.96. The number of hydrogen-bond donors (Lipinski definition) is 3. The molecule has 4 amide bonds. The number of carbonyl (C=O) groups excluding carboxylic acids is 3. The average Bonchev–Trinajstić information content (AvgIpc) is 3.66. The number of rotatable bonds is 7. The number of nitrogens with one attached hydrogen (secondary N) is 2. The number of nitrogens with zero attached hydrogens (tertiary/aromatic N) is 5. The van der Waals surface area contributed by atoms with Crippen LogP contribution in [0.2, 0.25) is 0 Å². The van der Waals surface area contributed by atoms with E-state index in [2.05, 4.69) is 20.6 Å². The molecule has 0 spiro atoms. The van der Waals surface area contributed by atoms with E-state index in [-0.39, 0.29) is 29.6 Å². The van der Waals surface area contributed by atoms with Gasteiger partial charge in [-0.2, -0.15) is 0 Å². The van der Waals surface area contributed by atoms with Crippen molar-refractivity contribution in [2.45, 2.75) is 43.7 Å². The van der Waals surface area contributed by atoms with Crippen molar-refractivity contribution < 1.29 is 14.4 Å². The van der Waals surface area contributed by atoms with Gasteiger partial charge in [0.2, 0.25) is 5.91 Å². The molecule has 2 heterocycles. The highest BCUT2D eigenvalue weighted by atomic mass is 16.2. The van der Waals surface area contributed by atoms with Gasteiger partial charge in [0.25, 0.3) is 5.91 Å². The summed E-state index contributed by atoms with van der Waals surface area (Å²) in [6.45, 7) is 0.694. The molecule has 0 radical (unpaired) electrons. The summed E-state index contributed by atoms with van der Waals surface area (Å²) < 4.78 is 0. The van der Waals surface area contributed by atoms with Crippen molar-refractivity contribution in [3.8, 4) is 0 Å². The number of primary amides is 1. The molecule has 2 aliphatic rings. The molecular formula is C25H34N8O3. The zero-order valence-electron chi connectivity index (χ0n) is 21.2. The van der Waals surface area contributed by atoms with Crippen LogP contribution in [0.1, 0.15) is 48.2 Å². The summed E-state index contributed by atoms with van der Waals surface area (Å²) in [7, 11) is 6.93. The molecule has 36 heavy (non-hydrogen) atoms. The molecular weight excluding hydrogens is 460 g/mol. The Balaban J connectivity index is 1.58. The summed E-state index contributed by atoms with van der Waals surface area (Å²) in [5, 5.41) is 6.18. The summed E-state index contributed by atoms with van der Waals surface area (Å²) in [5.41, 5.74) is 6.81. The van der Waals surface area contributed by atoms with Gasteiger partial charge in [0.05, 0.1) is 11.6 Å². The van der Waals surface area contributed by atoms with Crippen molar-refractivity contribution in [2.75, 3.05) is 45.0 Å². The van der Waals surface area contributed by atoms with Crippen LogP contribution in [0, 0.1) is 0 Å². The number of benzene rings is 1. The Bertz CT molecular complexity index is 1140. The van der Waals surface area contributed by atoms with E-state index in [0.29, 0.717) is 18.1 Å². The van der Waals surface area contributed by atoms with Crippen LogP contribution in [0.5, 0.6) is 0 Å². The second kappa shape index (κ2) is 10.00. The third-order valence-corrected chi connectivity index (χ3v) is 6.75. The molecule has 1 aromatic heterocycles. The zero-order chi connectivity index (χ0) is 26.0. The molecule has 1 aliphatic heterocycles. The third-order valence-electron chi connectivity index (χ3n) is 6.75. The molecule has 1 atom stereocenters. The topological polar surface area (TPSA) is 137 Å². The summed E-state index contributed by atoms with van der Waals surface area (Å²) in [4.78, 5) is 51.1. The predicted octanol–water partition coefficient (Wildman–Crippen LogP) is 2.03. The van der Waals surface area contributed by atoms with Gasteiger partial charge >= 0.3 is 6.03 Å². The number of amides is 4. The Morgan fingerprint density at radius 3 is 2.33 bits per heavy atom. The lowest BCUT2D eigenvalue weighted by atomic mass is 9.94. The van der Waals surface area contributed by atoms with E-state index in [0.717, 1.165) is 37.7 Å². The van der Waals surface area contributed by atoms with Crippen molar-refractivity contribution in [1.82, 2.24) is 25.1 Å². The van der Waals surface area contributed by atoms with E-state index in [9.17, 15) is 14.4 Å². The maximum atomic E-state index is 12.6. The summed E-state index contributed by atoms with van der Waals surface area (Å²) in [6, 6.07) is 7.38. The van der Waals surface area contributed by atoms with Gasteiger partial charge in [-0.05, 0) is 49.8 Å². The number of nitrogens with two attached hydrogens (primary N) is 1. The quantitative estimate of drug-likeness (QED) is 0.536. The first-order valence-electron chi connectivity index (χ1n) is 12.1. The van der Waals surface area contributed by atoms with Crippen LogP contribution in [0.3, 0.4) is 0 Å². The fourth-order valence-corrected chi connectivity index (χ4v) is 4.60. The Morgan fingerprint density at radius 1 is 1.06 bits per heavy atom. The Kier molecular flexibility index (Phi) is 7.00. The summed E-state index contributed by atoms with van der Waals surface area (Å²) >= 11 is 0. The van der Waals surface area contributed by atoms with E-state index < -0.39 is 11.3 Å². The first kappa shape index (κ1) is 25.2. The van der Waals surface area contributed by atoms with E-state index >= 15 is 0 Å². The second-order valence-electron chi connectivity index (χ2n) is 9.82. The first-order chi connectivity index (χ1) is 17.1. The van der Waals surface area contributed by atoms with Crippen molar-refractivity contribution in [2.24, 2.45) is 5.73 Å². The van der Waals surface area contributed by atoms with E-state index in [1.807, 2.05) is 29.2 Å². The SMILES string of the molecule is CN(C)C(=O)NC1CCCCN1c1cnc(C(N)=O)c(Nc2ccc(C3(C(=O)N(C)C)CC3)cc2)n1. The van der Waals surface area contributed by atoms with Crippen LogP contribution in [-0.4, -0.2) is 78.5 Å². The van der Waals surface area contributed by atoms with Crippen molar-refractivity contribution in [3.05, 3.63) is 41.7 Å². The molecule has 2 aromatic rings. The fraction of sp³-hybridized carbons (Fsp3) is 0.480. The Hall–Kier alpha value is -3.89. The predicted molar refractivity (Wildman–Crippen MR) is 137 cm³/mol. The van der Waals surface area contributed by atoms with Gasteiger partial charge in [0.1, 0.15) is 6.17 Å². The Morgan fingerprint density at radius 2 is 1.75 bits per heavy atom. The lowest BCUT2D eigenvalue weighted by Gasteiger charge is -2.37. The number of aromatic nitrogens is 2. The molecule has 1 saturated heterocycles. The molecule has 192 valence electrons. The minimum absolute atomic E-state index is 0.0233. The molecule has 4 N–H and O–H groups in total. The molecule has 11 nitrogen and oxygen atoms in total. The molecule has 1 aliphatic carbocycles. The second-order valence-corrected chi connectivity index (χ2v) is 9.82. The van der Waals surface area contributed by atoms with E-state index in [1.54, 1.807) is 33.1 Å². The first-order valence-corrected chi connectivity index (χ1v) is 12.1. The van der Waals surface area contributed by atoms with Crippen LogP contribution in [0.4, 0.5) is 22.1 Å². The lowest BCUT2D eigenvalue weighted by Crippen LogP contribution is -2.53. The van der Waals surface area contributed by atoms with Gasteiger partial charge in [-0.15, -0.1) is 0 Å². The normalized spacial score (nSPS) is 18.2. The number of carbonyl (C=O) groups is 3. The molecule has 11 heteroatoms. The number of piperidine rings is 1. The number of anilines is 3. The number of likely N-dealkylation sites (N-methyl/N-ethyl adjacent to an activating group) is 1. The minimum atomic E-state index is -0.696. The van der Waals surface area contributed by atoms with Crippen molar-refractivity contribution in [1.29, 1.82) is 0 Å². The van der Waals surface area contributed by atoms with Crippen molar-refractivity contribution in [3.63, 3.8) is 0 Å². The van der Waals surface area contributed by atoms with Crippen LogP contribution >= 0.6 is 0 Å². The van der Waals surface area contributed by atoms with Crippen LogP contribution in [0.15, 0.2) is 30.5 Å². The molecule has 1 unspecified atom stereocenters. The van der Waals surface area contributed by atoms with Crippen molar-refractivity contribution >= 4 is 35.2 Å². The average molecular weight is 495 g/mol. The summed E-state index contributed by atoms with van der Waals surface area (Å²) in [6.07, 6.45) is 5.64. The van der Waals surface area contributed by atoms with Gasteiger partial charge in [-0.25, -0.2) is 14.8 Å². The lowest BCUT2D eigenvalue weighted by molar-refractivity contribution is -0.131. The van der Waals surface area contributed by atoms with E-state index in [4.69, 9.17) is 5.73 Å². The largest absolute Gasteiger partial charge is 0.364 e. The molecule has 0 bridgehead atoms. The fourth-order valence-electron chi connectivity index (χ4n) is 4.60. The van der Waals surface area contributed by atoms with Gasteiger partial charge in [0.15, 0.2) is 17.3 Å². The highest BCUT2D eigenvalue weighted by Gasteiger charge is 2.51. The van der Waals surface area contributed by atoms with Gasteiger partial charge in [0, 0.05) is 40.4 Å². The Labute approximate surface area is 211 Å². The van der Waals surface area contributed by atoms with Crippen LogP contribution in [-0.2, 0) is 10.2 Å². The molecule has 4 rings (SSSR count). The third kappa shape index (κ3) is 5.05. The number of urea groups is 1. The number of hydrogen-bond acceptors (Lipinski definition) is 7. The maximum Gasteiger partial charge on any atom is 0.318 e. The standard InChI is InChI=1S/C25H34N8O3/c1-31(2)23(35)25(12-13-25)16-8-10-17(11-9-16)28-22-20(21(26)34)27-15-19(29-22)33-14-6-5-7-18(33)30-24(36)32(3)4/h8-11,15,18H,5-7,12-14H2,1-4H3,(H2,26,34)(H,28,29)(H,30,36). The molecule has 1 saturated carbocycles. The van der Waals surface area contributed by atoms with Gasteiger partial charge in [-0.3, -0.25) is 9.59 Å². The van der Waals surface area contributed by atoms with Gasteiger partial charge < -0.3 is 31.1 Å². The summed E-state index contributed by atoms with van der Waals surface area (Å²) in [5.74, 6) is 0.186. The minimum Gasteiger partial charge on any atom is -0.364 e. The molecule has 2 fully saturated rings. The smallest absolute Gasteiger partial charge is 0.318 e.